The quantitative estimate of drug-likeness (QED) is 0.544. The van der Waals surface area contributed by atoms with Crippen LogP contribution >= 0.6 is 24.2 Å². The van der Waals surface area contributed by atoms with Crippen LogP contribution in [0.3, 0.4) is 0 Å². The molecule has 4 nitrogen and oxygen atoms in total. The Bertz CT molecular complexity index is 429. The van der Waals surface area contributed by atoms with Gasteiger partial charge < -0.3 is 14.8 Å². The molecule has 1 rings (SSSR count). The van der Waals surface area contributed by atoms with Crippen LogP contribution in [0.15, 0.2) is 23.1 Å². The lowest BCUT2D eigenvalue weighted by Gasteiger charge is -2.07. The molecule has 0 aliphatic heterocycles. The van der Waals surface area contributed by atoms with Crippen LogP contribution in [-0.4, -0.2) is 39.4 Å². The monoisotopic (exact) mass is 317 g/mol. The molecule has 1 amide bonds. The molecular weight excluding hydrogens is 298 g/mol. The Morgan fingerprint density at radius 1 is 1.30 bits per heavy atom. The van der Waals surface area contributed by atoms with Gasteiger partial charge in [0.2, 0.25) is 0 Å². The first-order valence-electron chi connectivity index (χ1n) is 6.48. The van der Waals surface area contributed by atoms with Crippen molar-refractivity contribution in [2.45, 2.75) is 17.7 Å². The van der Waals surface area contributed by atoms with E-state index in [9.17, 15) is 4.79 Å². The summed E-state index contributed by atoms with van der Waals surface area (Å²) >= 11 is 10.2. The third kappa shape index (κ3) is 6.61. The Kier molecular flexibility index (Phi) is 8.69. The average molecular weight is 318 g/mol. The minimum Gasteiger partial charge on any atom is -0.382 e. The van der Waals surface area contributed by atoms with Crippen LogP contribution in [0.5, 0.6) is 0 Å². The average Bonchev–Trinajstić information content (AvgIpc) is 2.44. The number of benzene rings is 1. The molecule has 0 fully saturated rings. The van der Waals surface area contributed by atoms with Gasteiger partial charge in [-0.05, 0) is 31.0 Å². The van der Waals surface area contributed by atoms with Crippen molar-refractivity contribution in [2.24, 2.45) is 0 Å². The molecule has 0 saturated carbocycles. The highest BCUT2D eigenvalue weighted by Crippen LogP contribution is 2.19. The van der Waals surface area contributed by atoms with Crippen molar-refractivity contribution in [2.75, 3.05) is 33.5 Å². The van der Waals surface area contributed by atoms with Gasteiger partial charge in [-0.3, -0.25) is 4.79 Å². The summed E-state index contributed by atoms with van der Waals surface area (Å²) in [5.41, 5.74) is 0.454. The van der Waals surface area contributed by atoms with Crippen molar-refractivity contribution in [3.63, 3.8) is 0 Å². The third-order valence-electron chi connectivity index (χ3n) is 2.63. The fraction of sp³-hybridized carbons (Fsp3) is 0.500. The van der Waals surface area contributed by atoms with E-state index in [4.69, 9.17) is 21.1 Å². The minimum atomic E-state index is -0.175. The summed E-state index contributed by atoms with van der Waals surface area (Å²) in [6.45, 7) is 2.48. The van der Waals surface area contributed by atoms with Crippen molar-refractivity contribution in [3.8, 4) is 0 Å². The number of carbonyl (C=O) groups is 1. The topological polar surface area (TPSA) is 47.6 Å². The van der Waals surface area contributed by atoms with Crippen LogP contribution in [0.1, 0.15) is 23.2 Å². The molecule has 0 aliphatic rings. The van der Waals surface area contributed by atoms with Gasteiger partial charge in [-0.25, -0.2) is 0 Å². The SMILES string of the molecule is COCCOCCCCNC(=O)c1cc(S)ccc1Cl. The standard InChI is InChI=1S/C14H20ClNO3S/c1-18-8-9-19-7-3-2-6-16-14(17)12-10-11(20)4-5-13(12)15/h4-5,10,20H,2-3,6-9H2,1H3,(H,16,17). The number of unbranched alkanes of at least 4 members (excludes halogenated alkanes) is 1. The maximum Gasteiger partial charge on any atom is 0.252 e. The number of carbonyl (C=O) groups excluding carboxylic acids is 1. The number of amides is 1. The fourth-order valence-corrected chi connectivity index (χ4v) is 1.96. The molecule has 0 aliphatic carbocycles. The Labute approximate surface area is 130 Å². The van der Waals surface area contributed by atoms with E-state index in [1.807, 2.05) is 0 Å². The lowest BCUT2D eigenvalue weighted by atomic mass is 10.2. The van der Waals surface area contributed by atoms with E-state index in [-0.39, 0.29) is 5.91 Å². The third-order valence-corrected chi connectivity index (χ3v) is 3.24. The molecule has 0 saturated heterocycles. The van der Waals surface area contributed by atoms with Crippen molar-refractivity contribution in [1.29, 1.82) is 0 Å². The van der Waals surface area contributed by atoms with Crippen LogP contribution < -0.4 is 5.32 Å². The van der Waals surface area contributed by atoms with Gasteiger partial charge in [0, 0.05) is 25.2 Å². The van der Waals surface area contributed by atoms with Crippen LogP contribution in [0, 0.1) is 0 Å². The maximum absolute atomic E-state index is 11.9. The van der Waals surface area contributed by atoms with Crippen molar-refractivity contribution in [1.82, 2.24) is 5.32 Å². The molecule has 1 aromatic rings. The van der Waals surface area contributed by atoms with E-state index in [1.165, 1.54) is 0 Å². The zero-order valence-corrected chi connectivity index (χ0v) is 13.2. The van der Waals surface area contributed by atoms with E-state index in [0.717, 1.165) is 12.8 Å². The number of halogens is 1. The lowest BCUT2D eigenvalue weighted by molar-refractivity contribution is 0.0686. The lowest BCUT2D eigenvalue weighted by Crippen LogP contribution is -2.25. The van der Waals surface area contributed by atoms with Crippen LogP contribution in [0.4, 0.5) is 0 Å². The maximum atomic E-state index is 11.9. The highest BCUT2D eigenvalue weighted by atomic mass is 35.5. The van der Waals surface area contributed by atoms with Crippen LogP contribution in [-0.2, 0) is 9.47 Å². The highest BCUT2D eigenvalue weighted by molar-refractivity contribution is 7.80. The fourth-order valence-electron chi connectivity index (χ4n) is 1.56. The minimum absolute atomic E-state index is 0.175. The van der Waals surface area contributed by atoms with Crippen LogP contribution in [0.25, 0.3) is 0 Å². The predicted molar refractivity (Wildman–Crippen MR) is 83.0 cm³/mol. The Hall–Kier alpha value is -0.750. The summed E-state index contributed by atoms with van der Waals surface area (Å²) in [4.78, 5) is 12.6. The molecule has 0 bridgehead atoms. The number of rotatable bonds is 9. The van der Waals surface area contributed by atoms with E-state index >= 15 is 0 Å². The van der Waals surface area contributed by atoms with Gasteiger partial charge in [0.05, 0.1) is 23.8 Å². The molecule has 0 aromatic heterocycles. The number of hydrogen-bond donors (Lipinski definition) is 2. The van der Waals surface area contributed by atoms with Crippen molar-refractivity contribution < 1.29 is 14.3 Å². The second-order valence-electron chi connectivity index (χ2n) is 4.23. The second kappa shape index (κ2) is 10.0. The van der Waals surface area contributed by atoms with Gasteiger partial charge in [0.25, 0.3) is 5.91 Å². The van der Waals surface area contributed by atoms with Gasteiger partial charge in [-0.15, -0.1) is 12.6 Å². The second-order valence-corrected chi connectivity index (χ2v) is 5.16. The normalized spacial score (nSPS) is 10.6. The van der Waals surface area contributed by atoms with E-state index in [2.05, 4.69) is 17.9 Å². The first kappa shape index (κ1) is 17.3. The van der Waals surface area contributed by atoms with E-state index in [1.54, 1.807) is 25.3 Å². The zero-order valence-electron chi connectivity index (χ0n) is 11.5. The Morgan fingerprint density at radius 3 is 2.85 bits per heavy atom. The highest BCUT2D eigenvalue weighted by Gasteiger charge is 2.09. The molecule has 1 N–H and O–H groups in total. The number of nitrogens with one attached hydrogen (secondary N) is 1. The summed E-state index contributed by atoms with van der Waals surface area (Å²) < 4.78 is 10.2. The number of methoxy groups -OCH3 is 1. The number of ether oxygens (including phenoxy) is 2. The molecule has 0 heterocycles. The molecule has 0 atom stereocenters. The van der Waals surface area contributed by atoms with Gasteiger partial charge in [0.15, 0.2) is 0 Å². The molecule has 0 spiro atoms. The predicted octanol–water partition coefficient (Wildman–Crippen LogP) is 2.80. The molecule has 112 valence electrons. The van der Waals surface area contributed by atoms with Gasteiger partial charge >= 0.3 is 0 Å². The van der Waals surface area contributed by atoms with Gasteiger partial charge in [-0.1, -0.05) is 11.6 Å². The van der Waals surface area contributed by atoms with Gasteiger partial charge in [-0.2, -0.15) is 0 Å². The largest absolute Gasteiger partial charge is 0.382 e. The first-order valence-corrected chi connectivity index (χ1v) is 7.31. The molecule has 0 unspecified atom stereocenters. The first-order chi connectivity index (χ1) is 9.65. The van der Waals surface area contributed by atoms with E-state index < -0.39 is 0 Å². The molecule has 20 heavy (non-hydrogen) atoms. The molecule has 1 aromatic carbocycles. The number of hydrogen-bond acceptors (Lipinski definition) is 4. The number of thiol groups is 1. The zero-order chi connectivity index (χ0) is 14.8. The van der Waals surface area contributed by atoms with Gasteiger partial charge in [0.1, 0.15) is 0 Å². The molecule has 0 radical (unpaired) electrons. The summed E-state index contributed by atoms with van der Waals surface area (Å²) in [5.74, 6) is -0.175. The Morgan fingerprint density at radius 2 is 2.10 bits per heavy atom. The molecule has 6 heteroatoms. The summed E-state index contributed by atoms with van der Waals surface area (Å²) in [6, 6.07) is 5.08. The Balaban J connectivity index is 2.18. The van der Waals surface area contributed by atoms with Crippen LogP contribution in [0.2, 0.25) is 5.02 Å². The summed E-state index contributed by atoms with van der Waals surface area (Å²) in [7, 11) is 1.64. The van der Waals surface area contributed by atoms with E-state index in [0.29, 0.717) is 41.8 Å². The van der Waals surface area contributed by atoms with Crippen molar-refractivity contribution >= 4 is 30.1 Å². The molecular formula is C14H20ClNO3S. The van der Waals surface area contributed by atoms with Crippen molar-refractivity contribution in [3.05, 3.63) is 28.8 Å². The smallest absolute Gasteiger partial charge is 0.252 e. The summed E-state index contributed by atoms with van der Waals surface area (Å²) in [6.07, 6.45) is 1.75. The summed E-state index contributed by atoms with van der Waals surface area (Å²) in [5, 5.41) is 3.27.